The van der Waals surface area contributed by atoms with Crippen LogP contribution in [-0.2, 0) is 11.3 Å². The van der Waals surface area contributed by atoms with Crippen molar-refractivity contribution in [1.29, 1.82) is 0 Å². The molecule has 0 amide bonds. The molecule has 2 fully saturated rings. The minimum absolute atomic E-state index is 0.237. The van der Waals surface area contributed by atoms with Crippen LogP contribution in [0.2, 0.25) is 0 Å². The Morgan fingerprint density at radius 3 is 2.81 bits per heavy atom. The Morgan fingerprint density at radius 2 is 2.12 bits per heavy atom. The Bertz CT molecular complexity index is 846. The Labute approximate surface area is 158 Å². The van der Waals surface area contributed by atoms with E-state index in [1.165, 1.54) is 0 Å². The highest BCUT2D eigenvalue weighted by atomic mass is 79.9. The number of carboxylic acid groups (broad SMARTS) is 1. The lowest BCUT2D eigenvalue weighted by molar-refractivity contribution is -0.211. The average molecular weight is 428 g/mol. The van der Waals surface area contributed by atoms with Crippen molar-refractivity contribution in [3.63, 3.8) is 0 Å². The number of carboxylic acids is 1. The minimum atomic E-state index is -2.84. The first-order valence-corrected chi connectivity index (χ1v) is 9.53. The molecule has 2 aromatic heterocycles. The number of piperidine rings is 1. The Morgan fingerprint density at radius 1 is 1.35 bits per heavy atom. The summed E-state index contributed by atoms with van der Waals surface area (Å²) < 4.78 is 29.8. The van der Waals surface area contributed by atoms with E-state index in [9.17, 15) is 18.7 Å². The van der Waals surface area contributed by atoms with Gasteiger partial charge in [0.25, 0.3) is 0 Å². The van der Waals surface area contributed by atoms with Crippen molar-refractivity contribution in [2.24, 2.45) is 11.3 Å². The van der Waals surface area contributed by atoms with Crippen LogP contribution in [0.1, 0.15) is 31.4 Å². The summed E-state index contributed by atoms with van der Waals surface area (Å²) in [6.07, 6.45) is 4.34. The zero-order valence-electron chi connectivity index (χ0n) is 14.2. The zero-order chi connectivity index (χ0) is 18.5. The highest BCUT2D eigenvalue weighted by Gasteiger charge is 2.64. The zero-order valence-corrected chi connectivity index (χ0v) is 15.8. The fourth-order valence-electron chi connectivity index (χ4n) is 4.46. The Kier molecular flexibility index (Phi) is 4.30. The normalized spacial score (nSPS) is 25.1. The van der Waals surface area contributed by atoms with E-state index in [0.717, 1.165) is 28.8 Å². The van der Waals surface area contributed by atoms with E-state index in [0.29, 0.717) is 19.5 Å². The second kappa shape index (κ2) is 6.27. The maximum absolute atomic E-state index is 13.4. The molecule has 1 aliphatic heterocycles. The van der Waals surface area contributed by atoms with Crippen molar-refractivity contribution in [2.75, 3.05) is 13.1 Å². The molecule has 4 rings (SSSR count). The van der Waals surface area contributed by atoms with Gasteiger partial charge in [-0.05, 0) is 53.4 Å². The first-order chi connectivity index (χ1) is 12.3. The van der Waals surface area contributed by atoms with Crippen LogP contribution < -0.4 is 0 Å². The van der Waals surface area contributed by atoms with E-state index >= 15 is 0 Å². The standard InChI is InChI=1S/C18H20BrF2N3O2/c19-13-3-4-15-22-14(9-24(15)7-13)8-23-5-1-2-12(6-23)17(16(25)26)10-18(20,21)11-17/h3-4,7,9,12H,1-2,5-6,8,10-11H2,(H,25,26). The van der Waals surface area contributed by atoms with Gasteiger partial charge in [-0.25, -0.2) is 13.8 Å². The number of aromatic nitrogens is 2. The molecule has 0 spiro atoms. The molecule has 0 aromatic carbocycles. The summed E-state index contributed by atoms with van der Waals surface area (Å²) in [7, 11) is 0. The highest BCUT2D eigenvalue weighted by Crippen LogP contribution is 2.58. The summed E-state index contributed by atoms with van der Waals surface area (Å²) >= 11 is 3.43. The van der Waals surface area contributed by atoms with Crippen LogP contribution in [0.3, 0.4) is 0 Å². The van der Waals surface area contributed by atoms with Crippen molar-refractivity contribution in [2.45, 2.75) is 38.2 Å². The summed E-state index contributed by atoms with van der Waals surface area (Å²) in [5.41, 5.74) is 0.468. The van der Waals surface area contributed by atoms with Gasteiger partial charge in [0.1, 0.15) is 5.65 Å². The first-order valence-electron chi connectivity index (χ1n) is 8.74. The molecule has 2 aliphatic rings. The molecule has 1 saturated heterocycles. The van der Waals surface area contributed by atoms with E-state index in [2.05, 4.69) is 25.8 Å². The SMILES string of the molecule is O=C(O)C1(C2CCCN(Cc3cn4cc(Br)ccc4n3)C2)CC(F)(F)C1. The Hall–Kier alpha value is -1.54. The number of imidazole rings is 1. The molecule has 140 valence electrons. The number of rotatable bonds is 4. The van der Waals surface area contributed by atoms with Gasteiger partial charge in [0.2, 0.25) is 5.92 Å². The van der Waals surface area contributed by atoms with Gasteiger partial charge < -0.3 is 9.51 Å². The monoisotopic (exact) mass is 427 g/mol. The molecule has 8 heteroatoms. The average Bonchev–Trinajstić information content (AvgIpc) is 2.93. The van der Waals surface area contributed by atoms with Crippen molar-refractivity contribution in [3.05, 3.63) is 34.7 Å². The molecule has 1 atom stereocenters. The molecule has 2 aromatic rings. The van der Waals surface area contributed by atoms with E-state index in [-0.39, 0.29) is 5.92 Å². The minimum Gasteiger partial charge on any atom is -0.481 e. The number of nitrogens with zero attached hydrogens (tertiary/aromatic N) is 3. The van der Waals surface area contributed by atoms with Gasteiger partial charge in [0.15, 0.2) is 0 Å². The van der Waals surface area contributed by atoms with Gasteiger partial charge in [-0.1, -0.05) is 0 Å². The number of likely N-dealkylation sites (tertiary alicyclic amines) is 1. The molecule has 1 unspecified atom stereocenters. The molecule has 1 aliphatic carbocycles. The van der Waals surface area contributed by atoms with Crippen LogP contribution in [0.4, 0.5) is 8.78 Å². The molecule has 1 saturated carbocycles. The molecular formula is C18H20BrF2N3O2. The third-order valence-electron chi connectivity index (χ3n) is 5.71. The summed E-state index contributed by atoms with van der Waals surface area (Å²) in [4.78, 5) is 18.5. The van der Waals surface area contributed by atoms with Gasteiger partial charge >= 0.3 is 5.97 Å². The number of aliphatic carboxylic acids is 1. The largest absolute Gasteiger partial charge is 0.481 e. The number of fused-ring (bicyclic) bond motifs is 1. The summed E-state index contributed by atoms with van der Waals surface area (Å²) in [5, 5.41) is 9.59. The second-order valence-corrected chi connectivity index (χ2v) is 8.51. The van der Waals surface area contributed by atoms with Crippen molar-refractivity contribution in [1.82, 2.24) is 14.3 Å². The lowest BCUT2D eigenvalue weighted by Gasteiger charge is -2.51. The van der Waals surface area contributed by atoms with Crippen molar-refractivity contribution >= 4 is 27.5 Å². The van der Waals surface area contributed by atoms with E-state index in [1.807, 2.05) is 28.9 Å². The number of pyridine rings is 1. The third-order valence-corrected chi connectivity index (χ3v) is 6.18. The maximum atomic E-state index is 13.4. The smallest absolute Gasteiger partial charge is 0.310 e. The number of halogens is 3. The van der Waals surface area contributed by atoms with Crippen LogP contribution in [0.25, 0.3) is 5.65 Å². The van der Waals surface area contributed by atoms with Gasteiger partial charge in [0, 0.05) is 42.8 Å². The Balaban J connectivity index is 1.48. The number of carbonyl (C=O) groups is 1. The third kappa shape index (κ3) is 3.13. The van der Waals surface area contributed by atoms with E-state index in [4.69, 9.17) is 0 Å². The molecular weight excluding hydrogens is 408 g/mol. The van der Waals surface area contributed by atoms with E-state index in [1.54, 1.807) is 0 Å². The fraction of sp³-hybridized carbons (Fsp3) is 0.556. The van der Waals surface area contributed by atoms with Gasteiger partial charge in [-0.2, -0.15) is 0 Å². The number of alkyl halides is 2. The van der Waals surface area contributed by atoms with Crippen molar-refractivity contribution < 1.29 is 18.7 Å². The van der Waals surface area contributed by atoms with Gasteiger partial charge in [-0.3, -0.25) is 9.69 Å². The van der Waals surface area contributed by atoms with Gasteiger partial charge in [0.05, 0.1) is 11.1 Å². The quantitative estimate of drug-likeness (QED) is 0.805. The molecule has 3 heterocycles. The number of hydrogen-bond donors (Lipinski definition) is 1. The molecule has 0 bridgehead atoms. The molecule has 1 N–H and O–H groups in total. The van der Waals surface area contributed by atoms with Crippen LogP contribution in [0.15, 0.2) is 29.0 Å². The van der Waals surface area contributed by atoms with E-state index < -0.39 is 30.1 Å². The number of hydrogen-bond acceptors (Lipinski definition) is 3. The van der Waals surface area contributed by atoms with Crippen LogP contribution in [-0.4, -0.2) is 44.4 Å². The molecule has 26 heavy (non-hydrogen) atoms. The second-order valence-electron chi connectivity index (χ2n) is 7.59. The van der Waals surface area contributed by atoms with Crippen LogP contribution in [0, 0.1) is 11.3 Å². The predicted octanol–water partition coefficient (Wildman–Crippen LogP) is 3.81. The van der Waals surface area contributed by atoms with Crippen molar-refractivity contribution in [3.8, 4) is 0 Å². The van der Waals surface area contributed by atoms with Crippen LogP contribution >= 0.6 is 15.9 Å². The fourth-order valence-corrected chi connectivity index (χ4v) is 4.81. The summed E-state index contributed by atoms with van der Waals surface area (Å²) in [6, 6.07) is 3.85. The van der Waals surface area contributed by atoms with Crippen LogP contribution in [0.5, 0.6) is 0 Å². The van der Waals surface area contributed by atoms with Gasteiger partial charge in [-0.15, -0.1) is 0 Å². The summed E-state index contributed by atoms with van der Waals surface area (Å²) in [6.45, 7) is 1.96. The molecule has 0 radical (unpaired) electrons. The lowest BCUT2D eigenvalue weighted by atomic mass is 9.57. The maximum Gasteiger partial charge on any atom is 0.310 e. The lowest BCUT2D eigenvalue weighted by Crippen LogP contribution is -2.58. The predicted molar refractivity (Wildman–Crippen MR) is 95.1 cm³/mol. The first kappa shape index (κ1) is 17.9. The summed E-state index contributed by atoms with van der Waals surface area (Å²) in [5.74, 6) is -4.15. The molecule has 5 nitrogen and oxygen atoms in total. The highest BCUT2D eigenvalue weighted by molar-refractivity contribution is 9.10. The topological polar surface area (TPSA) is 57.8 Å².